The van der Waals surface area contributed by atoms with Gasteiger partial charge in [0.2, 0.25) is 0 Å². The number of aromatic nitrogens is 1. The lowest BCUT2D eigenvalue weighted by atomic mass is 10.2. The number of H-pyrrole nitrogens is 1. The Labute approximate surface area is 142 Å². The fraction of sp³-hybridized carbons (Fsp3) is 0.250. The molecule has 0 bridgehead atoms. The van der Waals surface area contributed by atoms with Crippen molar-refractivity contribution in [2.24, 2.45) is 0 Å². The second-order valence-corrected chi connectivity index (χ2v) is 6.16. The van der Waals surface area contributed by atoms with Gasteiger partial charge < -0.3 is 19.2 Å². The Bertz CT molecular complexity index is 867. The lowest BCUT2D eigenvalue weighted by Crippen LogP contribution is -2.23. The maximum absolute atomic E-state index is 11.7. The fourth-order valence-corrected chi connectivity index (χ4v) is 3.09. The van der Waals surface area contributed by atoms with Crippen LogP contribution in [0.5, 0.6) is 11.5 Å². The molecule has 2 aromatic rings. The van der Waals surface area contributed by atoms with Gasteiger partial charge in [0, 0.05) is 17.7 Å². The van der Waals surface area contributed by atoms with Crippen molar-refractivity contribution in [2.45, 2.75) is 6.92 Å². The number of ether oxygens (including phenoxy) is 3. The molecular weight excluding hydrogens is 334 g/mol. The quantitative estimate of drug-likeness (QED) is 0.659. The average Bonchev–Trinajstić information content (AvgIpc) is 2.87. The molecule has 0 saturated heterocycles. The Morgan fingerprint density at radius 3 is 2.78 bits per heavy atom. The molecule has 5 nitrogen and oxygen atoms in total. The molecule has 0 aliphatic carbocycles. The third-order valence-electron chi connectivity index (χ3n) is 2.98. The molecule has 0 amide bonds. The lowest BCUT2D eigenvalue weighted by Gasteiger charge is -2.06. The number of benzene rings is 1. The van der Waals surface area contributed by atoms with Crippen LogP contribution in [-0.4, -0.2) is 31.8 Å². The minimum Gasteiger partial charge on any atom is -0.497 e. The van der Waals surface area contributed by atoms with E-state index in [2.05, 4.69) is 4.98 Å². The Balaban J connectivity index is 2.57. The van der Waals surface area contributed by atoms with E-state index in [0.717, 1.165) is 10.1 Å². The van der Waals surface area contributed by atoms with Crippen molar-refractivity contribution in [1.29, 1.82) is 0 Å². The van der Waals surface area contributed by atoms with Crippen LogP contribution in [-0.2, 0) is 9.53 Å². The average molecular weight is 351 g/mol. The zero-order chi connectivity index (χ0) is 16.8. The van der Waals surface area contributed by atoms with Gasteiger partial charge in [-0.1, -0.05) is 0 Å². The first-order valence-electron chi connectivity index (χ1n) is 6.88. The number of carbonyl (C=O) groups is 1. The van der Waals surface area contributed by atoms with Crippen LogP contribution in [0, 0.1) is 3.95 Å². The number of esters is 1. The summed E-state index contributed by atoms with van der Waals surface area (Å²) in [5.74, 6) is 0.970. The molecule has 0 saturated carbocycles. The number of hydrogen-bond donors (Lipinski definition) is 1. The summed E-state index contributed by atoms with van der Waals surface area (Å²) in [4.78, 5) is 14.6. The van der Waals surface area contributed by atoms with Crippen molar-refractivity contribution < 1.29 is 19.0 Å². The minimum absolute atomic E-state index is 0.325. The van der Waals surface area contributed by atoms with E-state index < -0.39 is 5.97 Å². The van der Waals surface area contributed by atoms with E-state index in [1.54, 1.807) is 27.2 Å². The summed E-state index contributed by atoms with van der Waals surface area (Å²) in [5.41, 5.74) is 0.858. The molecule has 0 spiro atoms. The van der Waals surface area contributed by atoms with Gasteiger partial charge in [0.15, 0.2) is 3.95 Å². The predicted octanol–water partition coefficient (Wildman–Crippen LogP) is 2.00. The lowest BCUT2D eigenvalue weighted by molar-refractivity contribution is -0.135. The number of methoxy groups -OCH3 is 2. The van der Waals surface area contributed by atoms with Crippen LogP contribution >= 0.6 is 23.6 Å². The van der Waals surface area contributed by atoms with E-state index in [0.29, 0.717) is 27.4 Å². The minimum atomic E-state index is -0.409. The Morgan fingerprint density at radius 1 is 1.35 bits per heavy atom. The molecular formula is C16H17NO4S2. The van der Waals surface area contributed by atoms with Gasteiger partial charge in [-0.25, -0.2) is 4.79 Å². The third kappa shape index (κ3) is 4.43. The maximum Gasteiger partial charge on any atom is 0.332 e. The molecule has 0 aliphatic heterocycles. The normalized spacial score (nSPS) is 12.3. The van der Waals surface area contributed by atoms with Gasteiger partial charge in [-0.15, -0.1) is 11.3 Å². The van der Waals surface area contributed by atoms with Gasteiger partial charge in [0.1, 0.15) is 11.5 Å². The van der Waals surface area contributed by atoms with Crippen LogP contribution in [0.3, 0.4) is 0 Å². The highest BCUT2D eigenvalue weighted by Gasteiger charge is 2.04. The standard InChI is InChI=1S/C16H17NO4S2/c1-4-21-15(18)9-12-14(23-16(22)17-12)7-10-5-6-11(19-2)8-13(10)20-3/h5-9H,4H2,1-3H3,(H,17,22)/b12-9-,14-7-. The zero-order valence-electron chi connectivity index (χ0n) is 13.0. The Morgan fingerprint density at radius 2 is 2.13 bits per heavy atom. The third-order valence-corrected chi connectivity index (χ3v) is 4.18. The number of nitrogens with one attached hydrogen (secondary N) is 1. The first kappa shape index (κ1) is 17.2. The first-order valence-corrected chi connectivity index (χ1v) is 8.11. The van der Waals surface area contributed by atoms with E-state index >= 15 is 0 Å². The van der Waals surface area contributed by atoms with E-state index in [1.165, 1.54) is 17.4 Å². The highest BCUT2D eigenvalue weighted by atomic mass is 32.1. The van der Waals surface area contributed by atoms with Crippen molar-refractivity contribution in [1.82, 2.24) is 4.98 Å². The van der Waals surface area contributed by atoms with Crippen molar-refractivity contribution in [2.75, 3.05) is 20.8 Å². The summed E-state index contributed by atoms with van der Waals surface area (Å²) in [5, 5.41) is 0.622. The predicted molar refractivity (Wildman–Crippen MR) is 93.0 cm³/mol. The molecule has 0 unspecified atom stereocenters. The van der Waals surface area contributed by atoms with Crippen molar-refractivity contribution in [3.63, 3.8) is 0 Å². The van der Waals surface area contributed by atoms with Gasteiger partial charge in [-0.05, 0) is 37.4 Å². The maximum atomic E-state index is 11.7. The number of thiazole rings is 1. The van der Waals surface area contributed by atoms with Crippen LogP contribution in [0.1, 0.15) is 12.5 Å². The molecule has 0 atom stereocenters. The molecule has 1 aromatic carbocycles. The summed E-state index contributed by atoms with van der Waals surface area (Å²) in [6.45, 7) is 2.09. The molecule has 23 heavy (non-hydrogen) atoms. The highest BCUT2D eigenvalue weighted by Crippen LogP contribution is 2.24. The number of rotatable bonds is 5. The van der Waals surface area contributed by atoms with Gasteiger partial charge >= 0.3 is 5.97 Å². The largest absolute Gasteiger partial charge is 0.497 e. The van der Waals surface area contributed by atoms with Gasteiger partial charge in [0.25, 0.3) is 0 Å². The van der Waals surface area contributed by atoms with Crippen molar-refractivity contribution in [3.8, 4) is 11.5 Å². The fourth-order valence-electron chi connectivity index (χ4n) is 1.95. The zero-order valence-corrected chi connectivity index (χ0v) is 14.7. The first-order chi connectivity index (χ1) is 11.1. The molecule has 122 valence electrons. The molecule has 7 heteroatoms. The SMILES string of the molecule is CCOC(=O)/C=c1\[nH]c(=S)s\c1=C/c1ccc(OC)cc1OC. The van der Waals surface area contributed by atoms with E-state index in [1.807, 2.05) is 18.2 Å². The Hall–Kier alpha value is -2.12. The van der Waals surface area contributed by atoms with Gasteiger partial charge in [0.05, 0.1) is 30.7 Å². The van der Waals surface area contributed by atoms with Gasteiger partial charge in [-0.3, -0.25) is 0 Å². The molecule has 0 aliphatic rings. The Kier molecular flexibility index (Phi) is 5.95. The molecule has 1 heterocycles. The van der Waals surface area contributed by atoms with Crippen molar-refractivity contribution in [3.05, 3.63) is 37.6 Å². The van der Waals surface area contributed by atoms with Crippen molar-refractivity contribution >= 4 is 41.7 Å². The van der Waals surface area contributed by atoms with E-state index in [4.69, 9.17) is 26.4 Å². The van der Waals surface area contributed by atoms with E-state index in [9.17, 15) is 4.79 Å². The summed E-state index contributed by atoms with van der Waals surface area (Å²) >= 11 is 6.55. The molecule has 0 fully saturated rings. The van der Waals surface area contributed by atoms with Crippen LogP contribution in [0.15, 0.2) is 18.2 Å². The topological polar surface area (TPSA) is 60.6 Å². The van der Waals surface area contributed by atoms with Crippen LogP contribution < -0.4 is 19.4 Å². The van der Waals surface area contributed by atoms with Gasteiger partial charge in [-0.2, -0.15) is 0 Å². The molecule has 2 rings (SSSR count). The molecule has 1 aromatic heterocycles. The van der Waals surface area contributed by atoms with E-state index in [-0.39, 0.29) is 0 Å². The smallest absolute Gasteiger partial charge is 0.332 e. The number of carbonyl (C=O) groups excluding carboxylic acids is 1. The summed E-state index contributed by atoms with van der Waals surface area (Å²) in [6.07, 6.45) is 3.30. The van der Waals surface area contributed by atoms with Crippen LogP contribution in [0.25, 0.3) is 12.2 Å². The monoisotopic (exact) mass is 351 g/mol. The molecule has 0 radical (unpaired) electrons. The summed E-state index contributed by atoms with van der Waals surface area (Å²) in [7, 11) is 3.19. The van der Waals surface area contributed by atoms with Crippen LogP contribution in [0.2, 0.25) is 0 Å². The molecule has 1 N–H and O–H groups in total. The number of aromatic amines is 1. The summed E-state index contributed by atoms with van der Waals surface area (Å²) in [6, 6.07) is 5.52. The second-order valence-electron chi connectivity index (χ2n) is 4.44. The second kappa shape index (κ2) is 7.94. The number of hydrogen-bond acceptors (Lipinski definition) is 6. The summed E-state index contributed by atoms with van der Waals surface area (Å²) < 4.78 is 16.9. The van der Waals surface area contributed by atoms with Crippen LogP contribution in [0.4, 0.5) is 0 Å². The highest BCUT2D eigenvalue weighted by molar-refractivity contribution is 7.73.